The second kappa shape index (κ2) is 8.97. The molecule has 2 aromatic rings. The molecule has 29 heavy (non-hydrogen) atoms. The van der Waals surface area contributed by atoms with Gasteiger partial charge < -0.3 is 16.0 Å². The largest absolute Gasteiger partial charge is 0.327 e. The first-order valence-electron chi connectivity index (χ1n) is 10.00. The highest BCUT2D eigenvalue weighted by Gasteiger charge is 2.49. The topological polar surface area (TPSA) is 75.4 Å². The molecule has 154 valence electrons. The summed E-state index contributed by atoms with van der Waals surface area (Å²) < 4.78 is 0. The number of likely N-dealkylation sites (N-methyl/N-ethyl adjacent to an activating group) is 1. The quantitative estimate of drug-likeness (QED) is 0.785. The van der Waals surface area contributed by atoms with E-state index >= 15 is 0 Å². The molecule has 0 radical (unpaired) electrons. The molecule has 0 spiro atoms. The number of carbonyl (C=O) groups is 2. The molecule has 4 rings (SSSR count). The Balaban J connectivity index is 0.00000240. The van der Waals surface area contributed by atoms with E-state index in [1.54, 1.807) is 11.9 Å². The normalized spacial score (nSPS) is 24.6. The lowest BCUT2D eigenvalue weighted by molar-refractivity contribution is -0.122. The summed E-state index contributed by atoms with van der Waals surface area (Å²) >= 11 is 0. The van der Waals surface area contributed by atoms with Gasteiger partial charge in [-0.3, -0.25) is 9.59 Å². The van der Waals surface area contributed by atoms with Gasteiger partial charge in [0.15, 0.2) is 0 Å². The molecule has 4 unspecified atom stereocenters. The first-order valence-corrected chi connectivity index (χ1v) is 10.00. The molecule has 2 aromatic carbocycles. The summed E-state index contributed by atoms with van der Waals surface area (Å²) in [4.78, 5) is 26.8. The summed E-state index contributed by atoms with van der Waals surface area (Å²) in [7, 11) is 1.78. The predicted molar refractivity (Wildman–Crippen MR) is 118 cm³/mol. The van der Waals surface area contributed by atoms with Crippen LogP contribution in [0.25, 0.3) is 0 Å². The lowest BCUT2D eigenvalue weighted by Crippen LogP contribution is -2.42. The fraction of sp³-hybridized carbons (Fsp3) is 0.391. The fourth-order valence-electron chi connectivity index (χ4n) is 4.75. The second-order valence-corrected chi connectivity index (χ2v) is 8.09. The van der Waals surface area contributed by atoms with Crippen LogP contribution in [0.2, 0.25) is 0 Å². The summed E-state index contributed by atoms with van der Waals surface area (Å²) in [5.41, 5.74) is 8.82. The minimum absolute atomic E-state index is 0. The standard InChI is InChI=1S/C23H27N3O2.ClH/c1-26(19-5-3-2-4-6-19)20(27)13-15-7-11-18(12-8-15)25-23(28)21-16-9-10-17(14-16)22(21)24;/h2-8,11-12,16-17,21-22H,9-10,13-14,24H2,1H3,(H,25,28);1H. The highest BCUT2D eigenvalue weighted by atomic mass is 35.5. The van der Waals surface area contributed by atoms with Gasteiger partial charge in [0, 0.05) is 24.5 Å². The average molecular weight is 414 g/mol. The van der Waals surface area contributed by atoms with Crippen molar-refractivity contribution < 1.29 is 9.59 Å². The number of amides is 2. The Morgan fingerprint density at radius 1 is 1.03 bits per heavy atom. The number of nitrogens with two attached hydrogens (primary N) is 1. The third-order valence-corrected chi connectivity index (χ3v) is 6.38. The van der Waals surface area contributed by atoms with E-state index in [0.29, 0.717) is 18.3 Å². The summed E-state index contributed by atoms with van der Waals surface area (Å²) in [6.07, 6.45) is 3.69. The zero-order valence-corrected chi connectivity index (χ0v) is 17.4. The van der Waals surface area contributed by atoms with Crippen molar-refractivity contribution >= 4 is 35.6 Å². The molecule has 2 amide bonds. The number of halogens is 1. The van der Waals surface area contributed by atoms with E-state index in [9.17, 15) is 9.59 Å². The van der Waals surface area contributed by atoms with Crippen molar-refractivity contribution in [3.63, 3.8) is 0 Å². The number of para-hydroxylation sites is 1. The summed E-state index contributed by atoms with van der Waals surface area (Å²) in [5.74, 6) is 0.934. The maximum atomic E-state index is 12.7. The molecule has 2 aliphatic rings. The minimum Gasteiger partial charge on any atom is -0.327 e. The molecule has 2 aliphatic carbocycles. The molecule has 5 nitrogen and oxygen atoms in total. The zero-order chi connectivity index (χ0) is 19.7. The lowest BCUT2D eigenvalue weighted by atomic mass is 9.84. The number of benzene rings is 2. The first-order chi connectivity index (χ1) is 13.5. The van der Waals surface area contributed by atoms with E-state index in [-0.39, 0.29) is 36.2 Å². The molecule has 0 aliphatic heterocycles. The Bertz CT molecular complexity index is 854. The van der Waals surface area contributed by atoms with Gasteiger partial charge in [0.2, 0.25) is 11.8 Å². The molecule has 0 heterocycles. The molecule has 3 N–H and O–H groups in total. The van der Waals surface area contributed by atoms with Gasteiger partial charge in [0.25, 0.3) is 0 Å². The maximum Gasteiger partial charge on any atom is 0.231 e. The highest BCUT2D eigenvalue weighted by Crippen LogP contribution is 2.47. The van der Waals surface area contributed by atoms with Crippen molar-refractivity contribution in [3.8, 4) is 0 Å². The van der Waals surface area contributed by atoms with Crippen LogP contribution in [0.5, 0.6) is 0 Å². The van der Waals surface area contributed by atoms with Crippen molar-refractivity contribution in [1.29, 1.82) is 0 Å². The minimum atomic E-state index is -0.0699. The molecule has 2 bridgehead atoms. The average Bonchev–Trinajstić information content (AvgIpc) is 3.30. The van der Waals surface area contributed by atoms with Crippen LogP contribution in [0.4, 0.5) is 11.4 Å². The Kier molecular flexibility index (Phi) is 6.60. The first kappa shape index (κ1) is 21.3. The van der Waals surface area contributed by atoms with E-state index in [4.69, 9.17) is 5.73 Å². The van der Waals surface area contributed by atoms with Crippen molar-refractivity contribution in [2.24, 2.45) is 23.5 Å². The van der Waals surface area contributed by atoms with Gasteiger partial charge in [0.05, 0.1) is 12.3 Å². The Morgan fingerprint density at radius 2 is 1.69 bits per heavy atom. The monoisotopic (exact) mass is 413 g/mol. The zero-order valence-electron chi connectivity index (χ0n) is 16.6. The van der Waals surface area contributed by atoms with Crippen molar-refractivity contribution in [1.82, 2.24) is 0 Å². The number of carbonyl (C=O) groups excluding carboxylic acids is 2. The lowest BCUT2D eigenvalue weighted by Gasteiger charge is -2.27. The Hall–Kier alpha value is -2.37. The van der Waals surface area contributed by atoms with Crippen LogP contribution in [-0.2, 0) is 16.0 Å². The number of rotatable bonds is 5. The number of hydrogen-bond donors (Lipinski definition) is 2. The fourth-order valence-corrected chi connectivity index (χ4v) is 4.75. The van der Waals surface area contributed by atoms with Crippen molar-refractivity contribution in [3.05, 3.63) is 60.2 Å². The molecule has 0 saturated heterocycles. The number of nitrogens with one attached hydrogen (secondary N) is 1. The van der Waals surface area contributed by atoms with E-state index in [0.717, 1.165) is 36.2 Å². The van der Waals surface area contributed by atoms with Crippen LogP contribution >= 0.6 is 12.4 Å². The molecule has 6 heteroatoms. The van der Waals surface area contributed by atoms with Gasteiger partial charge in [0.1, 0.15) is 0 Å². The molecule has 4 atom stereocenters. The molecule has 2 saturated carbocycles. The number of nitrogens with zero attached hydrogens (tertiary/aromatic N) is 1. The number of fused-ring (bicyclic) bond motifs is 2. The highest BCUT2D eigenvalue weighted by molar-refractivity contribution is 5.95. The van der Waals surface area contributed by atoms with E-state index < -0.39 is 0 Å². The van der Waals surface area contributed by atoms with Crippen LogP contribution < -0.4 is 16.0 Å². The van der Waals surface area contributed by atoms with E-state index in [2.05, 4.69) is 5.32 Å². The Labute approximate surface area is 178 Å². The van der Waals surface area contributed by atoms with Crippen LogP contribution in [0.15, 0.2) is 54.6 Å². The Morgan fingerprint density at radius 3 is 2.31 bits per heavy atom. The van der Waals surface area contributed by atoms with Crippen LogP contribution in [0, 0.1) is 17.8 Å². The molecule has 2 fully saturated rings. The third kappa shape index (κ3) is 4.46. The summed E-state index contributed by atoms with van der Waals surface area (Å²) in [6, 6.07) is 17.1. The number of hydrogen-bond acceptors (Lipinski definition) is 3. The van der Waals surface area contributed by atoms with Crippen molar-refractivity contribution in [2.75, 3.05) is 17.3 Å². The van der Waals surface area contributed by atoms with Gasteiger partial charge in [-0.2, -0.15) is 0 Å². The summed E-state index contributed by atoms with van der Waals surface area (Å²) in [6.45, 7) is 0. The third-order valence-electron chi connectivity index (χ3n) is 6.38. The van der Waals surface area contributed by atoms with Crippen LogP contribution in [0.3, 0.4) is 0 Å². The maximum absolute atomic E-state index is 12.7. The van der Waals surface area contributed by atoms with Crippen LogP contribution in [-0.4, -0.2) is 24.9 Å². The van der Waals surface area contributed by atoms with Gasteiger partial charge >= 0.3 is 0 Å². The second-order valence-electron chi connectivity index (χ2n) is 8.09. The van der Waals surface area contributed by atoms with Gasteiger partial charge in [-0.25, -0.2) is 0 Å². The van der Waals surface area contributed by atoms with Gasteiger partial charge in [-0.05, 0) is 60.9 Å². The van der Waals surface area contributed by atoms with E-state index in [1.165, 1.54) is 0 Å². The van der Waals surface area contributed by atoms with Gasteiger partial charge in [-0.1, -0.05) is 30.3 Å². The van der Waals surface area contributed by atoms with E-state index in [1.807, 2.05) is 54.6 Å². The molecular weight excluding hydrogens is 386 g/mol. The summed E-state index contributed by atoms with van der Waals surface area (Å²) in [5, 5.41) is 3.01. The predicted octanol–water partition coefficient (Wildman–Crippen LogP) is 3.63. The molecular formula is C23H28ClN3O2. The SMILES string of the molecule is CN(C(=O)Cc1ccc(NC(=O)C2C3CCC(C3)C2N)cc1)c1ccccc1.Cl. The molecule has 0 aromatic heterocycles. The van der Waals surface area contributed by atoms with Crippen molar-refractivity contribution in [2.45, 2.75) is 31.7 Å². The number of anilines is 2. The van der Waals surface area contributed by atoms with Crippen LogP contribution in [0.1, 0.15) is 24.8 Å². The smallest absolute Gasteiger partial charge is 0.231 e. The van der Waals surface area contributed by atoms with Gasteiger partial charge in [-0.15, -0.1) is 12.4 Å².